The third-order valence-electron chi connectivity index (χ3n) is 3.95. The van der Waals surface area contributed by atoms with E-state index in [0.717, 1.165) is 32.4 Å². The van der Waals surface area contributed by atoms with Crippen molar-refractivity contribution in [1.29, 1.82) is 0 Å². The molecule has 21 heavy (non-hydrogen) atoms. The summed E-state index contributed by atoms with van der Waals surface area (Å²) >= 11 is 6.26. The lowest BCUT2D eigenvalue weighted by atomic mass is 10.1. The first-order valence-electron chi connectivity index (χ1n) is 7.33. The first-order valence-corrected chi connectivity index (χ1v) is 7.71. The van der Waals surface area contributed by atoms with E-state index in [-0.39, 0.29) is 10.6 Å². The van der Waals surface area contributed by atoms with E-state index in [2.05, 4.69) is 15.3 Å². The average molecular weight is 315 g/mol. The minimum atomic E-state index is -0.259. The van der Waals surface area contributed by atoms with Gasteiger partial charge in [0.25, 0.3) is 5.56 Å². The van der Waals surface area contributed by atoms with Gasteiger partial charge in [0.1, 0.15) is 5.02 Å². The van der Waals surface area contributed by atoms with Crippen molar-refractivity contribution >= 4 is 17.3 Å². The monoisotopic (exact) mass is 314 g/mol. The number of anilines is 1. The smallest absolute Gasteiger partial charge is 0.287 e. The highest BCUT2D eigenvalue weighted by atomic mass is 35.5. The Balaban J connectivity index is 2.19. The molecule has 0 spiro atoms. The highest BCUT2D eigenvalue weighted by molar-refractivity contribution is 6.33. The van der Waals surface area contributed by atoms with Crippen molar-refractivity contribution in [3.8, 4) is 0 Å². The topological polar surface area (TPSA) is 59.4 Å². The fourth-order valence-electron chi connectivity index (χ4n) is 2.62. The van der Waals surface area contributed by atoms with Gasteiger partial charge >= 0.3 is 0 Å². The maximum absolute atomic E-state index is 12.2. The Kier molecular flexibility index (Phi) is 6.02. The van der Waals surface area contributed by atoms with Crippen LogP contribution in [0.3, 0.4) is 0 Å². The van der Waals surface area contributed by atoms with E-state index < -0.39 is 0 Å². The lowest BCUT2D eigenvalue weighted by Crippen LogP contribution is -2.35. The van der Waals surface area contributed by atoms with Crippen LogP contribution in [-0.2, 0) is 11.3 Å². The van der Waals surface area contributed by atoms with Crippen molar-refractivity contribution in [1.82, 2.24) is 15.1 Å². The lowest BCUT2D eigenvalue weighted by molar-refractivity contribution is 0.182. The number of rotatable bonds is 5. The van der Waals surface area contributed by atoms with Crippen LogP contribution in [0.15, 0.2) is 11.0 Å². The molecule has 0 aliphatic carbocycles. The summed E-state index contributed by atoms with van der Waals surface area (Å²) in [4.78, 5) is 14.3. The first-order chi connectivity index (χ1) is 10.1. The van der Waals surface area contributed by atoms with E-state index in [1.165, 1.54) is 4.68 Å². The third-order valence-corrected chi connectivity index (χ3v) is 4.30. The normalized spacial score (nSPS) is 19.3. The molecular formula is C14H23ClN4O2. The third kappa shape index (κ3) is 3.96. The summed E-state index contributed by atoms with van der Waals surface area (Å²) in [6.07, 6.45) is 4.94. The second-order valence-corrected chi connectivity index (χ2v) is 5.69. The number of methoxy groups -OCH3 is 1. The van der Waals surface area contributed by atoms with Crippen molar-refractivity contribution in [2.24, 2.45) is 0 Å². The van der Waals surface area contributed by atoms with Crippen molar-refractivity contribution in [3.63, 3.8) is 0 Å². The molecule has 1 atom stereocenters. The Bertz CT molecular complexity index is 512. The first kappa shape index (κ1) is 16.3. The Labute approximate surface area is 130 Å². The molecule has 1 aliphatic rings. The van der Waals surface area contributed by atoms with Gasteiger partial charge in [-0.25, -0.2) is 4.68 Å². The molecule has 0 saturated carbocycles. The molecule has 0 aromatic carbocycles. The molecular weight excluding hydrogens is 292 g/mol. The molecule has 1 aromatic heterocycles. The summed E-state index contributed by atoms with van der Waals surface area (Å²) in [5.41, 5.74) is 0.451. The zero-order chi connectivity index (χ0) is 15.2. The van der Waals surface area contributed by atoms with Gasteiger partial charge in [0.2, 0.25) is 0 Å². The second kappa shape index (κ2) is 7.77. The minimum absolute atomic E-state index is 0.237. The van der Waals surface area contributed by atoms with Crippen molar-refractivity contribution in [3.05, 3.63) is 21.6 Å². The van der Waals surface area contributed by atoms with Crippen LogP contribution in [0.2, 0.25) is 5.02 Å². The zero-order valence-corrected chi connectivity index (χ0v) is 13.4. The Morgan fingerprint density at radius 3 is 3.10 bits per heavy atom. The van der Waals surface area contributed by atoms with Gasteiger partial charge in [-0.1, -0.05) is 11.6 Å². The molecule has 1 unspecified atom stereocenters. The van der Waals surface area contributed by atoms with E-state index in [4.69, 9.17) is 16.3 Å². The van der Waals surface area contributed by atoms with Crippen molar-refractivity contribution in [2.45, 2.75) is 31.8 Å². The molecule has 2 heterocycles. The molecule has 1 saturated heterocycles. The second-order valence-electron chi connectivity index (χ2n) is 5.31. The predicted octanol–water partition coefficient (Wildman–Crippen LogP) is 1.12. The summed E-state index contributed by atoms with van der Waals surface area (Å²) in [6, 6.07) is 0.383. The highest BCUT2D eigenvalue weighted by Crippen LogP contribution is 2.24. The predicted molar refractivity (Wildman–Crippen MR) is 84.3 cm³/mol. The van der Waals surface area contributed by atoms with Crippen LogP contribution in [0.5, 0.6) is 0 Å². The summed E-state index contributed by atoms with van der Waals surface area (Å²) < 4.78 is 6.31. The maximum atomic E-state index is 12.2. The fourth-order valence-corrected chi connectivity index (χ4v) is 2.90. The van der Waals surface area contributed by atoms with Gasteiger partial charge in [-0.2, -0.15) is 5.10 Å². The Hall–Kier alpha value is -1.11. The molecule has 1 N–H and O–H groups in total. The van der Waals surface area contributed by atoms with Crippen LogP contribution in [0, 0.1) is 0 Å². The van der Waals surface area contributed by atoms with E-state index in [1.807, 2.05) is 7.05 Å². The quantitative estimate of drug-likeness (QED) is 0.882. The van der Waals surface area contributed by atoms with Crippen LogP contribution in [-0.4, -0.2) is 49.7 Å². The Morgan fingerprint density at radius 1 is 1.52 bits per heavy atom. The summed E-state index contributed by atoms with van der Waals surface area (Å²) in [7, 11) is 3.58. The van der Waals surface area contributed by atoms with E-state index in [1.54, 1.807) is 13.3 Å². The van der Waals surface area contributed by atoms with Crippen molar-refractivity contribution < 1.29 is 4.74 Å². The largest absolute Gasteiger partial charge is 0.383 e. The highest BCUT2D eigenvalue weighted by Gasteiger charge is 2.21. The van der Waals surface area contributed by atoms with Crippen LogP contribution in [0.4, 0.5) is 5.69 Å². The summed E-state index contributed by atoms with van der Waals surface area (Å²) in [5, 5.41) is 7.82. The van der Waals surface area contributed by atoms with Crippen molar-refractivity contribution in [2.75, 3.05) is 38.8 Å². The average Bonchev–Trinajstić information content (AvgIpc) is 2.77. The molecule has 0 bridgehead atoms. The van der Waals surface area contributed by atoms with E-state index in [0.29, 0.717) is 24.9 Å². The molecule has 118 valence electrons. The number of nitrogens with zero attached hydrogens (tertiary/aromatic N) is 3. The maximum Gasteiger partial charge on any atom is 0.287 e. The van der Waals surface area contributed by atoms with Crippen LogP contribution in [0.25, 0.3) is 0 Å². The summed E-state index contributed by atoms with van der Waals surface area (Å²) in [5.74, 6) is 0. The van der Waals surface area contributed by atoms with Gasteiger partial charge in [0, 0.05) is 20.2 Å². The number of nitrogens with one attached hydrogen (secondary N) is 1. The number of halogens is 1. The fraction of sp³-hybridized carbons (Fsp3) is 0.714. The molecule has 0 radical (unpaired) electrons. The lowest BCUT2D eigenvalue weighted by Gasteiger charge is -2.29. The van der Waals surface area contributed by atoms with Gasteiger partial charge in [0.05, 0.1) is 25.0 Å². The van der Waals surface area contributed by atoms with Gasteiger partial charge < -0.3 is 15.0 Å². The molecule has 1 fully saturated rings. The zero-order valence-electron chi connectivity index (χ0n) is 12.6. The van der Waals surface area contributed by atoms with Gasteiger partial charge in [0.15, 0.2) is 0 Å². The van der Waals surface area contributed by atoms with E-state index in [9.17, 15) is 4.79 Å². The molecule has 7 heteroatoms. The van der Waals surface area contributed by atoms with E-state index >= 15 is 0 Å². The Morgan fingerprint density at radius 2 is 2.33 bits per heavy atom. The molecule has 6 nitrogen and oxygen atoms in total. The number of ether oxygens (including phenoxy) is 1. The van der Waals surface area contributed by atoms with Crippen LogP contribution < -0.4 is 15.8 Å². The van der Waals surface area contributed by atoms with Crippen LogP contribution >= 0.6 is 11.6 Å². The minimum Gasteiger partial charge on any atom is -0.383 e. The number of hydrogen-bond donors (Lipinski definition) is 1. The van der Waals surface area contributed by atoms with Gasteiger partial charge in [-0.05, 0) is 32.4 Å². The van der Waals surface area contributed by atoms with Gasteiger partial charge in [-0.15, -0.1) is 0 Å². The summed E-state index contributed by atoms with van der Waals surface area (Å²) in [6.45, 7) is 2.89. The molecule has 1 aliphatic heterocycles. The number of aromatic nitrogens is 2. The number of hydrogen-bond acceptors (Lipinski definition) is 5. The standard InChI is InChI=1S/C14H23ClN4O2/c1-18(11-4-3-6-16-7-5-11)12-10-17-19(8-9-21-2)14(20)13(12)15/h10-11,16H,3-9H2,1-2H3. The molecule has 0 amide bonds. The van der Waals surface area contributed by atoms with Crippen LogP contribution in [0.1, 0.15) is 19.3 Å². The molecule has 1 aromatic rings. The van der Waals surface area contributed by atoms with Gasteiger partial charge in [-0.3, -0.25) is 4.79 Å². The molecule has 2 rings (SSSR count). The SMILES string of the molecule is COCCn1ncc(N(C)C2CCCNCC2)c(Cl)c1=O.